The summed E-state index contributed by atoms with van der Waals surface area (Å²) in [4.78, 5) is 65.6. The first-order valence-electron chi connectivity index (χ1n) is 10.2. The average molecular weight is 461 g/mol. The SMILES string of the molecule is CNC(=O)Nc1ccc(OC)c(NC(=O)C(C(=O)C2(C)CC2)N2C(=O)C(OC)N(C)C2=O)c1. The van der Waals surface area contributed by atoms with Crippen molar-refractivity contribution < 1.29 is 33.4 Å². The van der Waals surface area contributed by atoms with Crippen molar-refractivity contribution in [3.05, 3.63) is 18.2 Å². The van der Waals surface area contributed by atoms with Gasteiger partial charge in [-0.2, -0.15) is 0 Å². The summed E-state index contributed by atoms with van der Waals surface area (Å²) in [6.45, 7) is 1.69. The van der Waals surface area contributed by atoms with Crippen molar-refractivity contribution in [1.82, 2.24) is 15.1 Å². The van der Waals surface area contributed by atoms with Crippen LogP contribution in [0, 0.1) is 5.41 Å². The lowest BCUT2D eigenvalue weighted by atomic mass is 9.95. The molecule has 1 heterocycles. The molecule has 1 aliphatic carbocycles. The molecule has 0 spiro atoms. The van der Waals surface area contributed by atoms with Crippen molar-refractivity contribution in [2.75, 3.05) is 38.9 Å². The number of ketones is 1. The second-order valence-corrected chi connectivity index (χ2v) is 8.13. The zero-order chi connectivity index (χ0) is 24.5. The number of nitrogens with zero attached hydrogens (tertiary/aromatic N) is 2. The summed E-state index contributed by atoms with van der Waals surface area (Å²) in [5.74, 6) is -1.97. The van der Waals surface area contributed by atoms with Gasteiger partial charge in [-0.25, -0.2) is 14.5 Å². The van der Waals surface area contributed by atoms with Gasteiger partial charge in [-0.1, -0.05) is 6.92 Å². The highest BCUT2D eigenvalue weighted by Gasteiger charge is 2.57. The van der Waals surface area contributed by atoms with E-state index in [1.54, 1.807) is 13.0 Å². The molecule has 12 heteroatoms. The third-order valence-corrected chi connectivity index (χ3v) is 5.82. The van der Waals surface area contributed by atoms with Crippen molar-refractivity contribution in [2.24, 2.45) is 5.41 Å². The molecule has 1 aromatic rings. The van der Waals surface area contributed by atoms with Crippen LogP contribution in [0.1, 0.15) is 19.8 Å². The molecular formula is C21H27N5O7. The monoisotopic (exact) mass is 461 g/mol. The second-order valence-electron chi connectivity index (χ2n) is 8.13. The van der Waals surface area contributed by atoms with Crippen LogP contribution < -0.4 is 20.7 Å². The number of anilines is 2. The van der Waals surface area contributed by atoms with Gasteiger partial charge >= 0.3 is 12.1 Å². The summed E-state index contributed by atoms with van der Waals surface area (Å²) in [6.07, 6.45) is -0.142. The maximum Gasteiger partial charge on any atom is 0.330 e. The number of imide groups is 1. The number of likely N-dealkylation sites (N-methyl/N-ethyl adjacent to an activating group) is 1. The predicted octanol–water partition coefficient (Wildman–Crippen LogP) is 0.989. The van der Waals surface area contributed by atoms with E-state index in [1.807, 2.05) is 0 Å². The predicted molar refractivity (Wildman–Crippen MR) is 117 cm³/mol. The van der Waals surface area contributed by atoms with E-state index in [1.165, 1.54) is 40.4 Å². The lowest BCUT2D eigenvalue weighted by Gasteiger charge is -2.26. The van der Waals surface area contributed by atoms with Gasteiger partial charge < -0.3 is 25.4 Å². The van der Waals surface area contributed by atoms with Crippen molar-refractivity contribution >= 4 is 41.0 Å². The third kappa shape index (κ3) is 4.46. The molecule has 3 rings (SSSR count). The van der Waals surface area contributed by atoms with Crippen LogP contribution in [0.3, 0.4) is 0 Å². The molecule has 1 aromatic carbocycles. The maximum absolute atomic E-state index is 13.4. The molecule has 2 fully saturated rings. The molecule has 0 radical (unpaired) electrons. The Kier molecular flexibility index (Phi) is 6.58. The van der Waals surface area contributed by atoms with Crippen molar-refractivity contribution in [3.8, 4) is 5.75 Å². The van der Waals surface area contributed by atoms with Gasteiger partial charge in [0, 0.05) is 32.3 Å². The summed E-state index contributed by atoms with van der Waals surface area (Å²) >= 11 is 0. The molecule has 1 aliphatic heterocycles. The van der Waals surface area contributed by atoms with Gasteiger partial charge in [-0.3, -0.25) is 19.3 Å². The lowest BCUT2D eigenvalue weighted by molar-refractivity contribution is -0.147. The van der Waals surface area contributed by atoms with E-state index in [4.69, 9.17) is 9.47 Å². The number of ether oxygens (including phenoxy) is 2. The Bertz CT molecular complexity index is 1010. The largest absolute Gasteiger partial charge is 0.495 e. The Morgan fingerprint density at radius 1 is 1.15 bits per heavy atom. The van der Waals surface area contributed by atoms with Gasteiger partial charge in [-0.15, -0.1) is 0 Å². The first-order chi connectivity index (χ1) is 15.6. The number of rotatable bonds is 8. The maximum atomic E-state index is 13.4. The fraction of sp³-hybridized carbons (Fsp3) is 0.476. The molecule has 178 valence electrons. The van der Waals surface area contributed by atoms with Crippen LogP contribution in [0.25, 0.3) is 0 Å². The van der Waals surface area contributed by atoms with E-state index in [0.29, 0.717) is 23.4 Å². The Labute approximate surface area is 190 Å². The van der Waals surface area contributed by atoms with Crippen LogP contribution in [-0.2, 0) is 19.1 Å². The summed E-state index contributed by atoms with van der Waals surface area (Å²) in [5, 5.41) is 7.55. The Morgan fingerprint density at radius 2 is 1.82 bits per heavy atom. The van der Waals surface area contributed by atoms with Crippen molar-refractivity contribution in [1.29, 1.82) is 0 Å². The summed E-state index contributed by atoms with van der Waals surface area (Å²) in [6, 6.07) is 1.52. The van der Waals surface area contributed by atoms with Gasteiger partial charge in [-0.05, 0) is 31.0 Å². The third-order valence-electron chi connectivity index (χ3n) is 5.82. The zero-order valence-corrected chi connectivity index (χ0v) is 19.1. The van der Waals surface area contributed by atoms with Gasteiger partial charge in [0.1, 0.15) is 5.75 Å². The van der Waals surface area contributed by atoms with Crippen LogP contribution in [-0.4, -0.2) is 80.0 Å². The number of Topliss-reactive ketones (excluding diaryl/α,β-unsaturated/α-hetero) is 1. The first-order valence-corrected chi connectivity index (χ1v) is 10.2. The standard InChI is InChI=1S/C21H27N5O7/c1-21(8-9-21)15(27)14(26-17(29)18(33-5)25(3)20(26)31)16(28)24-12-10-11(23-19(30)22-2)6-7-13(12)32-4/h6-7,10,14,18H,8-9H2,1-5H3,(H,24,28)(H2,22,23,30). The van der Waals surface area contributed by atoms with E-state index in [0.717, 1.165) is 4.90 Å². The van der Waals surface area contributed by atoms with E-state index >= 15 is 0 Å². The first kappa shape index (κ1) is 24.0. The molecule has 12 nitrogen and oxygen atoms in total. The highest BCUT2D eigenvalue weighted by atomic mass is 16.5. The highest BCUT2D eigenvalue weighted by molar-refractivity contribution is 6.20. The van der Waals surface area contributed by atoms with Crippen LogP contribution in [0.4, 0.5) is 21.0 Å². The zero-order valence-electron chi connectivity index (χ0n) is 19.1. The summed E-state index contributed by atoms with van der Waals surface area (Å²) in [5.41, 5.74) is -0.320. The van der Waals surface area contributed by atoms with Gasteiger partial charge in [0.05, 0.1) is 12.8 Å². The number of hydrogen-bond donors (Lipinski definition) is 3. The molecule has 33 heavy (non-hydrogen) atoms. The molecule has 2 aliphatic rings. The fourth-order valence-corrected chi connectivity index (χ4v) is 3.54. The van der Waals surface area contributed by atoms with Crippen LogP contribution >= 0.6 is 0 Å². The number of urea groups is 2. The summed E-state index contributed by atoms with van der Waals surface area (Å²) < 4.78 is 10.3. The fourth-order valence-electron chi connectivity index (χ4n) is 3.54. The van der Waals surface area contributed by atoms with E-state index in [-0.39, 0.29) is 11.4 Å². The summed E-state index contributed by atoms with van der Waals surface area (Å²) in [7, 11) is 5.44. The number of carbonyl (C=O) groups excluding carboxylic acids is 5. The molecule has 0 bridgehead atoms. The van der Waals surface area contributed by atoms with Crippen molar-refractivity contribution in [2.45, 2.75) is 32.0 Å². The molecule has 6 amide bonds. The van der Waals surface area contributed by atoms with Gasteiger partial charge in [0.15, 0.2) is 11.8 Å². The normalized spacial score (nSPS) is 19.7. The second kappa shape index (κ2) is 9.06. The minimum Gasteiger partial charge on any atom is -0.495 e. The number of nitrogens with one attached hydrogen (secondary N) is 3. The average Bonchev–Trinajstić information content (AvgIpc) is 3.50. The van der Waals surface area contributed by atoms with E-state index < -0.39 is 47.3 Å². The molecule has 1 saturated carbocycles. The topological polar surface area (TPSA) is 146 Å². The Balaban J connectivity index is 1.96. The van der Waals surface area contributed by atoms with Gasteiger partial charge in [0.2, 0.25) is 6.23 Å². The number of benzene rings is 1. The molecule has 0 aromatic heterocycles. The van der Waals surface area contributed by atoms with E-state index in [9.17, 15) is 24.0 Å². The van der Waals surface area contributed by atoms with Crippen LogP contribution in [0.2, 0.25) is 0 Å². The number of methoxy groups -OCH3 is 2. The van der Waals surface area contributed by atoms with Crippen molar-refractivity contribution in [3.63, 3.8) is 0 Å². The smallest absolute Gasteiger partial charge is 0.330 e. The van der Waals surface area contributed by atoms with Crippen LogP contribution in [0.15, 0.2) is 18.2 Å². The Morgan fingerprint density at radius 3 is 2.33 bits per heavy atom. The van der Waals surface area contributed by atoms with Gasteiger partial charge in [0.25, 0.3) is 11.8 Å². The molecular weight excluding hydrogens is 434 g/mol. The highest BCUT2D eigenvalue weighted by Crippen LogP contribution is 2.47. The minimum atomic E-state index is -1.69. The minimum absolute atomic E-state index is 0.144. The molecule has 3 N–H and O–H groups in total. The van der Waals surface area contributed by atoms with E-state index in [2.05, 4.69) is 16.0 Å². The molecule has 2 atom stereocenters. The number of carbonyl (C=O) groups is 5. The molecule has 2 unspecified atom stereocenters. The number of amides is 6. The van der Waals surface area contributed by atoms with Crippen LogP contribution in [0.5, 0.6) is 5.75 Å². The lowest BCUT2D eigenvalue weighted by Crippen LogP contribution is -2.54. The number of hydrogen-bond acceptors (Lipinski definition) is 7. The Hall–Kier alpha value is -3.67. The molecule has 1 saturated heterocycles. The quantitative estimate of drug-likeness (QED) is 0.386.